The molecule has 30 heavy (non-hydrogen) atoms. The molecule has 0 aromatic heterocycles. The van der Waals surface area contributed by atoms with E-state index >= 15 is 0 Å². The molecule has 2 aromatic rings. The van der Waals surface area contributed by atoms with E-state index in [1.165, 1.54) is 6.07 Å². The SMILES string of the molecule is CN(C(=O)CNC(=O)c1ccc(Cl)c(Cl)c1)[C@H](CN1CC[C@H](O)C1)c1ccccc1. The van der Waals surface area contributed by atoms with E-state index in [1.807, 2.05) is 30.3 Å². The topological polar surface area (TPSA) is 72.9 Å². The van der Waals surface area contributed by atoms with Gasteiger partial charge >= 0.3 is 0 Å². The molecule has 2 aromatic carbocycles. The third-order valence-corrected chi connectivity index (χ3v) is 6.04. The maximum absolute atomic E-state index is 12.8. The highest BCUT2D eigenvalue weighted by Crippen LogP contribution is 2.24. The van der Waals surface area contributed by atoms with E-state index in [9.17, 15) is 14.7 Å². The lowest BCUT2D eigenvalue weighted by Gasteiger charge is -2.32. The molecule has 8 heteroatoms. The van der Waals surface area contributed by atoms with E-state index in [0.29, 0.717) is 23.7 Å². The molecule has 6 nitrogen and oxygen atoms in total. The molecule has 3 rings (SSSR count). The normalized spacial score (nSPS) is 17.5. The highest BCUT2D eigenvalue weighted by atomic mass is 35.5. The number of benzene rings is 2. The molecule has 0 bridgehead atoms. The molecule has 2 atom stereocenters. The highest BCUT2D eigenvalue weighted by molar-refractivity contribution is 6.42. The molecule has 1 saturated heterocycles. The fourth-order valence-corrected chi connectivity index (χ4v) is 3.84. The van der Waals surface area contributed by atoms with Gasteiger partial charge in [-0.25, -0.2) is 0 Å². The Labute approximate surface area is 186 Å². The van der Waals surface area contributed by atoms with Crippen molar-refractivity contribution in [2.45, 2.75) is 18.6 Å². The minimum Gasteiger partial charge on any atom is -0.392 e. The molecular weight excluding hydrogens is 425 g/mol. The van der Waals surface area contributed by atoms with Crippen LogP contribution >= 0.6 is 23.2 Å². The number of aliphatic hydroxyl groups is 1. The molecule has 1 fully saturated rings. The van der Waals surface area contributed by atoms with Gasteiger partial charge in [-0.3, -0.25) is 14.5 Å². The van der Waals surface area contributed by atoms with Gasteiger partial charge in [-0.05, 0) is 30.2 Å². The lowest BCUT2D eigenvalue weighted by atomic mass is 10.0. The number of likely N-dealkylation sites (tertiary alicyclic amines) is 1. The van der Waals surface area contributed by atoms with Gasteiger partial charge in [0.05, 0.1) is 28.7 Å². The number of halogens is 2. The molecule has 0 radical (unpaired) electrons. The van der Waals surface area contributed by atoms with E-state index < -0.39 is 5.91 Å². The molecule has 2 N–H and O–H groups in total. The zero-order chi connectivity index (χ0) is 21.7. The van der Waals surface area contributed by atoms with Gasteiger partial charge in [0.2, 0.25) is 5.91 Å². The Kier molecular flexibility index (Phi) is 7.72. The van der Waals surface area contributed by atoms with Crippen molar-refractivity contribution in [3.05, 3.63) is 69.7 Å². The van der Waals surface area contributed by atoms with Crippen molar-refractivity contribution >= 4 is 35.0 Å². The third-order valence-electron chi connectivity index (χ3n) is 5.31. The Balaban J connectivity index is 1.65. The van der Waals surface area contributed by atoms with Crippen LogP contribution in [0.1, 0.15) is 28.4 Å². The van der Waals surface area contributed by atoms with Crippen LogP contribution in [0.25, 0.3) is 0 Å². The van der Waals surface area contributed by atoms with Gasteiger partial charge in [-0.15, -0.1) is 0 Å². The summed E-state index contributed by atoms with van der Waals surface area (Å²) in [6.45, 7) is 1.87. The van der Waals surface area contributed by atoms with Crippen molar-refractivity contribution in [3.63, 3.8) is 0 Å². The van der Waals surface area contributed by atoms with Crippen molar-refractivity contribution < 1.29 is 14.7 Å². The summed E-state index contributed by atoms with van der Waals surface area (Å²) >= 11 is 11.8. The van der Waals surface area contributed by atoms with Crippen molar-refractivity contribution in [1.29, 1.82) is 0 Å². The van der Waals surface area contributed by atoms with Gasteiger partial charge in [0.15, 0.2) is 0 Å². The lowest BCUT2D eigenvalue weighted by Crippen LogP contribution is -2.43. The molecule has 0 unspecified atom stereocenters. The van der Waals surface area contributed by atoms with Crippen LogP contribution in [0, 0.1) is 0 Å². The maximum Gasteiger partial charge on any atom is 0.251 e. The molecular formula is C22H25Cl2N3O3. The Morgan fingerprint density at radius 3 is 2.57 bits per heavy atom. The van der Waals surface area contributed by atoms with Crippen LogP contribution in [0.15, 0.2) is 48.5 Å². The Hall–Kier alpha value is -2.12. The van der Waals surface area contributed by atoms with Crippen molar-refractivity contribution in [3.8, 4) is 0 Å². The van der Waals surface area contributed by atoms with Crippen LogP contribution in [0.3, 0.4) is 0 Å². The molecule has 160 valence electrons. The van der Waals surface area contributed by atoms with Crippen molar-refractivity contribution in [1.82, 2.24) is 15.1 Å². The van der Waals surface area contributed by atoms with Gasteiger partial charge in [-0.1, -0.05) is 53.5 Å². The quantitative estimate of drug-likeness (QED) is 0.681. The zero-order valence-electron chi connectivity index (χ0n) is 16.7. The van der Waals surface area contributed by atoms with Crippen LogP contribution in [-0.4, -0.2) is 66.1 Å². The zero-order valence-corrected chi connectivity index (χ0v) is 18.2. The summed E-state index contributed by atoms with van der Waals surface area (Å²) in [5.41, 5.74) is 1.34. The summed E-state index contributed by atoms with van der Waals surface area (Å²) in [4.78, 5) is 29.0. The van der Waals surface area contributed by atoms with E-state index in [1.54, 1.807) is 24.1 Å². The number of nitrogens with zero attached hydrogens (tertiary/aromatic N) is 2. The predicted octanol–water partition coefficient (Wildman–Crippen LogP) is 2.99. The summed E-state index contributed by atoms with van der Waals surface area (Å²) in [6, 6.07) is 14.1. The van der Waals surface area contributed by atoms with Crippen LogP contribution < -0.4 is 5.32 Å². The molecule has 0 aliphatic carbocycles. The Bertz CT molecular complexity index is 894. The van der Waals surface area contributed by atoms with Crippen molar-refractivity contribution in [2.75, 3.05) is 33.2 Å². The molecule has 0 spiro atoms. The molecule has 1 aliphatic rings. The number of β-amino-alcohol motifs (C(OH)–C–C–N with tert-alkyl or cyclic N) is 1. The summed E-state index contributed by atoms with van der Waals surface area (Å²) in [6.07, 6.45) is 0.409. The molecule has 1 aliphatic heterocycles. The number of carbonyl (C=O) groups excluding carboxylic acids is 2. The number of rotatable bonds is 7. The highest BCUT2D eigenvalue weighted by Gasteiger charge is 2.28. The minimum atomic E-state index is -0.394. The van der Waals surface area contributed by atoms with Crippen LogP contribution in [0.5, 0.6) is 0 Å². The summed E-state index contributed by atoms with van der Waals surface area (Å²) in [7, 11) is 1.73. The number of amides is 2. The van der Waals surface area contributed by atoms with Gasteiger partial charge in [-0.2, -0.15) is 0 Å². The van der Waals surface area contributed by atoms with E-state index in [0.717, 1.165) is 18.5 Å². The minimum absolute atomic E-state index is 0.137. The van der Waals surface area contributed by atoms with E-state index in [-0.39, 0.29) is 29.6 Å². The second kappa shape index (κ2) is 10.3. The second-order valence-corrected chi connectivity index (χ2v) is 8.26. The standard InChI is InChI=1S/C22H25Cl2N3O3/c1-26(21(29)12-25-22(30)16-7-8-18(23)19(24)11-16)20(15-5-3-2-4-6-15)14-27-10-9-17(28)13-27/h2-8,11,17,20,28H,9-10,12-14H2,1H3,(H,25,30)/t17-,20+/m0/s1. The smallest absolute Gasteiger partial charge is 0.251 e. The van der Waals surface area contributed by atoms with Crippen molar-refractivity contribution in [2.24, 2.45) is 0 Å². The fraction of sp³-hybridized carbons (Fsp3) is 0.364. The predicted molar refractivity (Wildman–Crippen MR) is 118 cm³/mol. The Morgan fingerprint density at radius 1 is 1.20 bits per heavy atom. The lowest BCUT2D eigenvalue weighted by molar-refractivity contribution is -0.131. The average Bonchev–Trinajstić information content (AvgIpc) is 3.16. The summed E-state index contributed by atoms with van der Waals surface area (Å²) < 4.78 is 0. The van der Waals surface area contributed by atoms with Gasteiger partial charge in [0, 0.05) is 32.2 Å². The van der Waals surface area contributed by atoms with E-state index in [2.05, 4.69) is 10.2 Å². The third kappa shape index (κ3) is 5.73. The number of hydrogen-bond donors (Lipinski definition) is 2. The molecule has 1 heterocycles. The first kappa shape index (κ1) is 22.6. The molecule has 2 amide bonds. The summed E-state index contributed by atoms with van der Waals surface area (Å²) in [5.74, 6) is -0.605. The monoisotopic (exact) mass is 449 g/mol. The van der Waals surface area contributed by atoms with Crippen LogP contribution in [-0.2, 0) is 4.79 Å². The maximum atomic E-state index is 12.8. The van der Waals surface area contributed by atoms with E-state index in [4.69, 9.17) is 23.2 Å². The number of nitrogens with one attached hydrogen (secondary N) is 1. The number of aliphatic hydroxyl groups excluding tert-OH is 1. The first-order valence-electron chi connectivity index (χ1n) is 9.79. The van der Waals surface area contributed by atoms with Gasteiger partial charge < -0.3 is 15.3 Å². The van der Waals surface area contributed by atoms with Crippen LogP contribution in [0.4, 0.5) is 0 Å². The second-order valence-electron chi connectivity index (χ2n) is 7.44. The van der Waals surface area contributed by atoms with Crippen LogP contribution in [0.2, 0.25) is 10.0 Å². The number of likely N-dealkylation sites (N-methyl/N-ethyl adjacent to an activating group) is 1. The first-order chi connectivity index (χ1) is 14.3. The summed E-state index contributed by atoms with van der Waals surface area (Å²) in [5, 5.41) is 13.1. The molecule has 0 saturated carbocycles. The number of carbonyl (C=O) groups is 2. The Morgan fingerprint density at radius 2 is 1.93 bits per heavy atom. The average molecular weight is 450 g/mol. The number of hydrogen-bond acceptors (Lipinski definition) is 4. The van der Waals surface area contributed by atoms with Gasteiger partial charge in [0.1, 0.15) is 0 Å². The largest absolute Gasteiger partial charge is 0.392 e. The van der Waals surface area contributed by atoms with Gasteiger partial charge in [0.25, 0.3) is 5.91 Å². The first-order valence-corrected chi connectivity index (χ1v) is 10.5. The fourth-order valence-electron chi connectivity index (χ4n) is 3.54.